The molecule has 0 aliphatic carbocycles. The summed E-state index contributed by atoms with van der Waals surface area (Å²) in [6.07, 6.45) is 1.94. The third-order valence-electron chi connectivity index (χ3n) is 4.74. The van der Waals surface area contributed by atoms with E-state index in [9.17, 15) is 4.79 Å². The van der Waals surface area contributed by atoms with E-state index < -0.39 is 0 Å². The van der Waals surface area contributed by atoms with Gasteiger partial charge in [0, 0.05) is 6.07 Å². The number of carbonyl (C=O) groups excluding carboxylic acids is 1. The van der Waals surface area contributed by atoms with Crippen LogP contribution in [-0.4, -0.2) is 58.4 Å². The second-order valence-electron chi connectivity index (χ2n) is 6.76. The van der Waals surface area contributed by atoms with Crippen LogP contribution in [0.1, 0.15) is 6.92 Å². The van der Waals surface area contributed by atoms with Crippen LogP contribution >= 0.6 is 0 Å². The van der Waals surface area contributed by atoms with Crippen molar-refractivity contribution >= 4 is 11.7 Å². The van der Waals surface area contributed by atoms with Gasteiger partial charge in [-0.1, -0.05) is 6.07 Å². The predicted molar refractivity (Wildman–Crippen MR) is 107 cm³/mol. The van der Waals surface area contributed by atoms with Gasteiger partial charge in [0.2, 0.25) is 0 Å². The Balaban J connectivity index is 1.30. The molecule has 7 nitrogen and oxygen atoms in total. The summed E-state index contributed by atoms with van der Waals surface area (Å²) in [5, 5.41) is 2.95. The van der Waals surface area contributed by atoms with Gasteiger partial charge in [-0.25, -0.2) is 4.98 Å². The summed E-state index contributed by atoms with van der Waals surface area (Å²) in [7, 11) is 0. The van der Waals surface area contributed by atoms with Crippen LogP contribution in [0.2, 0.25) is 0 Å². The standard InChI is InChI=1S/C21H28N4O3/c1-2-27-18-6-8-19(9-7-18)28-16-11-23-21(26)17-24-12-14-25(15-13-24)20-5-3-4-10-22-20/h3-10H,2,11-17H2,1H3,(H,23,26)/p+2. The molecule has 1 saturated heterocycles. The monoisotopic (exact) mass is 386 g/mol. The normalized spacial score (nSPS) is 14.5. The van der Waals surface area contributed by atoms with Gasteiger partial charge in [-0.15, -0.1) is 0 Å². The Bertz CT molecular complexity index is 716. The molecular weight excluding hydrogens is 356 g/mol. The number of benzene rings is 1. The largest absolute Gasteiger partial charge is 0.494 e. The molecule has 2 heterocycles. The molecule has 0 atom stereocenters. The van der Waals surface area contributed by atoms with Gasteiger partial charge in [0.15, 0.2) is 6.54 Å². The topological polar surface area (TPSA) is 69.4 Å². The number of aromatic amines is 1. The molecule has 0 saturated carbocycles. The van der Waals surface area contributed by atoms with E-state index in [0.29, 0.717) is 26.3 Å². The van der Waals surface area contributed by atoms with E-state index >= 15 is 0 Å². The van der Waals surface area contributed by atoms with Crippen LogP contribution in [0.3, 0.4) is 0 Å². The minimum absolute atomic E-state index is 0.0741. The van der Waals surface area contributed by atoms with E-state index in [-0.39, 0.29) is 5.91 Å². The van der Waals surface area contributed by atoms with Crippen molar-refractivity contribution in [3.63, 3.8) is 0 Å². The number of rotatable bonds is 9. The number of carbonyl (C=O) groups is 1. The summed E-state index contributed by atoms with van der Waals surface area (Å²) in [5.41, 5.74) is 0. The van der Waals surface area contributed by atoms with Gasteiger partial charge in [0.05, 0.1) is 19.3 Å². The van der Waals surface area contributed by atoms with Crippen molar-refractivity contribution in [1.29, 1.82) is 0 Å². The highest BCUT2D eigenvalue weighted by Crippen LogP contribution is 2.17. The van der Waals surface area contributed by atoms with E-state index in [0.717, 1.165) is 43.5 Å². The molecule has 1 aromatic carbocycles. The number of nitrogens with one attached hydrogen (secondary N) is 3. The van der Waals surface area contributed by atoms with Gasteiger partial charge in [0.25, 0.3) is 11.7 Å². The Morgan fingerprint density at radius 3 is 2.46 bits per heavy atom. The van der Waals surface area contributed by atoms with Crippen molar-refractivity contribution in [2.45, 2.75) is 6.92 Å². The number of amides is 1. The molecular formula is C21H30N4O3+2. The van der Waals surface area contributed by atoms with E-state index in [1.165, 1.54) is 4.90 Å². The van der Waals surface area contributed by atoms with Crippen molar-refractivity contribution in [2.75, 3.05) is 57.4 Å². The molecule has 3 N–H and O–H groups in total. The lowest BCUT2D eigenvalue weighted by molar-refractivity contribution is -0.892. The smallest absolute Gasteiger partial charge is 0.275 e. The Morgan fingerprint density at radius 2 is 1.82 bits per heavy atom. The van der Waals surface area contributed by atoms with E-state index in [2.05, 4.69) is 21.3 Å². The Hall–Kier alpha value is -2.80. The van der Waals surface area contributed by atoms with E-state index in [1.54, 1.807) is 0 Å². The molecule has 2 aromatic rings. The molecule has 7 heteroatoms. The average Bonchev–Trinajstić information content (AvgIpc) is 2.74. The maximum absolute atomic E-state index is 12.2. The number of piperazine rings is 1. The maximum atomic E-state index is 12.2. The van der Waals surface area contributed by atoms with Gasteiger partial charge in [-0.3, -0.25) is 9.69 Å². The highest BCUT2D eigenvalue weighted by molar-refractivity contribution is 5.76. The van der Waals surface area contributed by atoms with Crippen LogP contribution in [0, 0.1) is 0 Å². The lowest BCUT2D eigenvalue weighted by atomic mass is 10.3. The molecule has 0 spiro atoms. The maximum Gasteiger partial charge on any atom is 0.275 e. The quantitative estimate of drug-likeness (QED) is 0.586. The minimum atomic E-state index is 0.0741. The Labute approximate surface area is 166 Å². The summed E-state index contributed by atoms with van der Waals surface area (Å²) < 4.78 is 11.1. The van der Waals surface area contributed by atoms with Gasteiger partial charge in [0.1, 0.15) is 44.3 Å². The van der Waals surface area contributed by atoms with E-state index in [1.807, 2.05) is 49.5 Å². The van der Waals surface area contributed by atoms with Crippen molar-refractivity contribution in [3.05, 3.63) is 48.7 Å². The first-order chi connectivity index (χ1) is 13.7. The minimum Gasteiger partial charge on any atom is -0.494 e. The molecule has 28 heavy (non-hydrogen) atoms. The molecule has 1 fully saturated rings. The SMILES string of the molecule is CCOc1ccc(OCCNC(=O)C[NH+]2CCN(c3cccc[nH+]3)CC2)cc1. The number of quaternary nitrogens is 1. The third kappa shape index (κ3) is 6.13. The number of aromatic nitrogens is 1. The third-order valence-corrected chi connectivity index (χ3v) is 4.74. The molecule has 1 aliphatic heterocycles. The van der Waals surface area contributed by atoms with Gasteiger partial charge in [-0.05, 0) is 37.3 Å². The number of hydrogen-bond acceptors (Lipinski definition) is 4. The van der Waals surface area contributed by atoms with Crippen LogP contribution in [0.5, 0.6) is 11.5 Å². The number of anilines is 1. The zero-order valence-electron chi connectivity index (χ0n) is 16.4. The van der Waals surface area contributed by atoms with Crippen molar-refractivity contribution in [1.82, 2.24) is 5.32 Å². The van der Waals surface area contributed by atoms with Crippen LogP contribution in [0.4, 0.5) is 5.82 Å². The van der Waals surface area contributed by atoms with E-state index in [4.69, 9.17) is 9.47 Å². The highest BCUT2D eigenvalue weighted by atomic mass is 16.5. The van der Waals surface area contributed by atoms with Crippen molar-refractivity contribution < 1.29 is 24.2 Å². The first-order valence-electron chi connectivity index (χ1n) is 9.92. The first-order valence-corrected chi connectivity index (χ1v) is 9.92. The lowest BCUT2D eigenvalue weighted by Gasteiger charge is -2.27. The number of H-pyrrole nitrogens is 1. The molecule has 3 rings (SSSR count). The van der Waals surface area contributed by atoms with Crippen LogP contribution < -0.4 is 29.6 Å². The van der Waals surface area contributed by atoms with Crippen LogP contribution in [-0.2, 0) is 4.79 Å². The Kier molecular flexibility index (Phi) is 7.49. The fourth-order valence-electron chi connectivity index (χ4n) is 3.27. The Morgan fingerprint density at radius 1 is 1.11 bits per heavy atom. The van der Waals surface area contributed by atoms with Gasteiger partial charge >= 0.3 is 0 Å². The summed E-state index contributed by atoms with van der Waals surface area (Å²) in [6.45, 7) is 7.88. The molecule has 1 aliphatic rings. The highest BCUT2D eigenvalue weighted by Gasteiger charge is 2.26. The van der Waals surface area contributed by atoms with Crippen molar-refractivity contribution in [3.8, 4) is 11.5 Å². The fourth-order valence-corrected chi connectivity index (χ4v) is 3.27. The number of pyridine rings is 1. The molecule has 0 radical (unpaired) electrons. The second-order valence-corrected chi connectivity index (χ2v) is 6.76. The molecule has 0 bridgehead atoms. The van der Waals surface area contributed by atoms with Crippen LogP contribution in [0.15, 0.2) is 48.7 Å². The number of ether oxygens (including phenoxy) is 2. The van der Waals surface area contributed by atoms with Gasteiger partial charge in [-0.2, -0.15) is 0 Å². The molecule has 1 aromatic heterocycles. The van der Waals surface area contributed by atoms with Gasteiger partial charge < -0.3 is 19.7 Å². The summed E-state index contributed by atoms with van der Waals surface area (Å²) in [6, 6.07) is 13.6. The zero-order valence-corrected chi connectivity index (χ0v) is 16.4. The summed E-state index contributed by atoms with van der Waals surface area (Å²) in [5.74, 6) is 2.82. The lowest BCUT2D eigenvalue weighted by Crippen LogP contribution is -3.16. The first kappa shape index (κ1) is 19.9. The van der Waals surface area contributed by atoms with Crippen LogP contribution in [0.25, 0.3) is 0 Å². The number of hydrogen-bond donors (Lipinski definition) is 2. The average molecular weight is 386 g/mol. The fraction of sp³-hybridized carbons (Fsp3) is 0.429. The predicted octanol–water partition coefficient (Wildman–Crippen LogP) is -0.200. The zero-order chi connectivity index (χ0) is 19.6. The van der Waals surface area contributed by atoms with Crippen molar-refractivity contribution in [2.24, 2.45) is 0 Å². The molecule has 150 valence electrons. The number of nitrogens with zero attached hydrogens (tertiary/aromatic N) is 1. The molecule has 1 amide bonds. The summed E-state index contributed by atoms with van der Waals surface area (Å²) >= 11 is 0. The summed E-state index contributed by atoms with van der Waals surface area (Å²) in [4.78, 5) is 19.1. The second kappa shape index (κ2) is 10.5. The molecule has 0 unspecified atom stereocenters.